The van der Waals surface area contributed by atoms with E-state index in [4.69, 9.17) is 4.52 Å². The lowest BCUT2D eigenvalue weighted by Crippen LogP contribution is -2.27. The van der Waals surface area contributed by atoms with Gasteiger partial charge in [-0.3, -0.25) is 9.78 Å². The Kier molecular flexibility index (Phi) is 4.91. The minimum atomic E-state index is -4.75. The molecule has 4 rings (SSSR count). The number of carbonyl (C=O) groups excluding carboxylic acids is 1. The number of likely N-dealkylation sites (tertiary alicyclic amines) is 1. The van der Waals surface area contributed by atoms with Crippen molar-refractivity contribution in [3.63, 3.8) is 0 Å². The van der Waals surface area contributed by atoms with Gasteiger partial charge in [-0.1, -0.05) is 17.3 Å². The molecule has 1 aliphatic heterocycles. The summed E-state index contributed by atoms with van der Waals surface area (Å²) in [4.78, 5) is 22.3. The normalized spacial score (nSPS) is 17.0. The molecule has 0 spiro atoms. The van der Waals surface area contributed by atoms with Gasteiger partial charge in [-0.05, 0) is 36.2 Å². The van der Waals surface area contributed by atoms with E-state index in [1.807, 2.05) is 0 Å². The number of halogens is 3. The average Bonchev–Trinajstić information content (AvgIpc) is 3.30. The molecule has 29 heavy (non-hydrogen) atoms. The third-order valence-electron chi connectivity index (χ3n) is 4.48. The van der Waals surface area contributed by atoms with Crippen molar-refractivity contribution in [2.45, 2.75) is 31.8 Å². The quantitative estimate of drug-likeness (QED) is 0.642. The van der Waals surface area contributed by atoms with E-state index in [1.165, 1.54) is 24.3 Å². The standard InChI is InChI=1S/C19H15F3N4O3/c20-19(21,22)28-14-5-3-12(4-6-14)11-26-15(7-8-16(26)27)18-24-17(25-29-18)13-2-1-9-23-10-13/h1-6,9-10,15H,7-8,11H2. The lowest BCUT2D eigenvalue weighted by atomic mass is 10.1. The van der Waals surface area contributed by atoms with Gasteiger partial charge >= 0.3 is 6.36 Å². The maximum absolute atomic E-state index is 12.3. The Morgan fingerprint density at radius 2 is 2.00 bits per heavy atom. The molecule has 1 aromatic carbocycles. The molecule has 0 saturated carbocycles. The number of aromatic nitrogens is 3. The van der Waals surface area contributed by atoms with Gasteiger partial charge in [-0.2, -0.15) is 4.98 Å². The van der Waals surface area contributed by atoms with E-state index in [0.717, 1.165) is 0 Å². The number of hydrogen-bond acceptors (Lipinski definition) is 6. The Hall–Kier alpha value is -3.43. The van der Waals surface area contributed by atoms with Crippen molar-refractivity contribution in [3.8, 4) is 17.1 Å². The van der Waals surface area contributed by atoms with E-state index in [9.17, 15) is 18.0 Å². The second-order valence-electron chi connectivity index (χ2n) is 6.47. The summed E-state index contributed by atoms with van der Waals surface area (Å²) in [6, 6.07) is 8.55. The van der Waals surface area contributed by atoms with E-state index in [-0.39, 0.29) is 18.2 Å². The highest BCUT2D eigenvalue weighted by molar-refractivity contribution is 5.78. The van der Waals surface area contributed by atoms with Crippen molar-refractivity contribution in [1.29, 1.82) is 0 Å². The van der Waals surface area contributed by atoms with Crippen LogP contribution in [0.1, 0.15) is 30.3 Å². The number of carbonyl (C=O) groups is 1. The van der Waals surface area contributed by atoms with Gasteiger partial charge in [-0.25, -0.2) is 0 Å². The van der Waals surface area contributed by atoms with Crippen molar-refractivity contribution in [2.24, 2.45) is 0 Å². The van der Waals surface area contributed by atoms with Crippen LogP contribution >= 0.6 is 0 Å². The molecule has 3 heterocycles. The Morgan fingerprint density at radius 3 is 2.69 bits per heavy atom. The fourth-order valence-corrected chi connectivity index (χ4v) is 3.16. The number of ether oxygens (including phenoxy) is 1. The molecule has 0 radical (unpaired) electrons. The summed E-state index contributed by atoms with van der Waals surface area (Å²) in [5.41, 5.74) is 1.35. The van der Waals surface area contributed by atoms with Gasteiger partial charge < -0.3 is 14.2 Å². The smallest absolute Gasteiger partial charge is 0.406 e. The van der Waals surface area contributed by atoms with E-state index in [2.05, 4.69) is 19.9 Å². The molecular formula is C19H15F3N4O3. The molecule has 7 nitrogen and oxygen atoms in total. The van der Waals surface area contributed by atoms with Gasteiger partial charge in [0.25, 0.3) is 0 Å². The summed E-state index contributed by atoms with van der Waals surface area (Å²) in [6.45, 7) is 0.209. The molecule has 1 unspecified atom stereocenters. The van der Waals surface area contributed by atoms with E-state index in [1.54, 1.807) is 29.4 Å². The van der Waals surface area contributed by atoms with Gasteiger partial charge in [0.15, 0.2) is 0 Å². The van der Waals surface area contributed by atoms with Crippen LogP contribution in [0.2, 0.25) is 0 Å². The van der Waals surface area contributed by atoms with Crippen molar-refractivity contribution in [1.82, 2.24) is 20.0 Å². The van der Waals surface area contributed by atoms with Crippen molar-refractivity contribution >= 4 is 5.91 Å². The summed E-state index contributed by atoms with van der Waals surface area (Å²) >= 11 is 0. The zero-order valence-electron chi connectivity index (χ0n) is 15.0. The fourth-order valence-electron chi connectivity index (χ4n) is 3.16. The highest BCUT2D eigenvalue weighted by atomic mass is 19.4. The number of amides is 1. The molecule has 0 N–H and O–H groups in total. The van der Waals surface area contributed by atoms with Gasteiger partial charge in [0, 0.05) is 30.9 Å². The zero-order valence-corrected chi connectivity index (χ0v) is 15.0. The number of alkyl halides is 3. The SMILES string of the molecule is O=C1CCC(c2nc(-c3cccnc3)no2)N1Cc1ccc(OC(F)(F)F)cc1. The molecule has 10 heteroatoms. The minimum absolute atomic E-state index is 0.0910. The summed E-state index contributed by atoms with van der Waals surface area (Å²) < 4.78 is 46.1. The molecule has 1 atom stereocenters. The number of rotatable bonds is 5. The molecule has 1 fully saturated rings. The van der Waals surface area contributed by atoms with Crippen LogP contribution in [0.15, 0.2) is 53.3 Å². The summed E-state index contributed by atoms with van der Waals surface area (Å²) in [5, 5.41) is 3.96. The molecule has 0 aliphatic carbocycles. The largest absolute Gasteiger partial charge is 0.573 e. The van der Waals surface area contributed by atoms with Crippen LogP contribution in [-0.4, -0.2) is 32.3 Å². The third-order valence-corrected chi connectivity index (χ3v) is 4.48. The van der Waals surface area contributed by atoms with E-state index < -0.39 is 12.4 Å². The number of benzene rings is 1. The van der Waals surface area contributed by atoms with Crippen molar-refractivity contribution < 1.29 is 27.2 Å². The molecule has 0 bridgehead atoms. The van der Waals surface area contributed by atoms with Gasteiger partial charge in [0.05, 0.1) is 0 Å². The second-order valence-corrected chi connectivity index (χ2v) is 6.47. The molecule has 150 valence electrons. The van der Waals surface area contributed by atoms with E-state index in [0.29, 0.717) is 35.7 Å². The van der Waals surface area contributed by atoms with Crippen LogP contribution in [0.3, 0.4) is 0 Å². The molecule has 1 amide bonds. The third kappa shape index (κ3) is 4.36. The first kappa shape index (κ1) is 18.9. The van der Waals surface area contributed by atoms with Crippen molar-refractivity contribution in [2.75, 3.05) is 0 Å². The average molecular weight is 404 g/mol. The molecule has 2 aromatic heterocycles. The predicted molar refractivity (Wildman–Crippen MR) is 93.2 cm³/mol. The first-order valence-electron chi connectivity index (χ1n) is 8.77. The van der Waals surface area contributed by atoms with Gasteiger partial charge in [-0.15, -0.1) is 13.2 Å². The topological polar surface area (TPSA) is 81.3 Å². The number of nitrogens with zero attached hydrogens (tertiary/aromatic N) is 4. The maximum atomic E-state index is 12.3. The highest BCUT2D eigenvalue weighted by Crippen LogP contribution is 2.34. The number of hydrogen-bond donors (Lipinski definition) is 0. The fraction of sp³-hybridized carbons (Fsp3) is 0.263. The monoisotopic (exact) mass is 404 g/mol. The van der Waals surface area contributed by atoms with E-state index >= 15 is 0 Å². The van der Waals surface area contributed by atoms with Crippen LogP contribution in [-0.2, 0) is 11.3 Å². The minimum Gasteiger partial charge on any atom is -0.406 e. The Bertz CT molecular complexity index is 990. The van der Waals surface area contributed by atoms with Crippen LogP contribution < -0.4 is 4.74 Å². The molecule has 1 saturated heterocycles. The Morgan fingerprint density at radius 1 is 1.21 bits per heavy atom. The van der Waals surface area contributed by atoms with Gasteiger partial charge in [0.2, 0.25) is 17.6 Å². The van der Waals surface area contributed by atoms with Gasteiger partial charge in [0.1, 0.15) is 11.8 Å². The Balaban J connectivity index is 1.50. The number of pyridine rings is 1. The lowest BCUT2D eigenvalue weighted by molar-refractivity contribution is -0.274. The van der Waals surface area contributed by atoms with Crippen LogP contribution in [0.4, 0.5) is 13.2 Å². The first-order valence-corrected chi connectivity index (χ1v) is 8.77. The van der Waals surface area contributed by atoms with Crippen LogP contribution in [0.5, 0.6) is 5.75 Å². The molecule has 1 aliphatic rings. The summed E-state index contributed by atoms with van der Waals surface area (Å²) in [7, 11) is 0. The molecule has 3 aromatic rings. The maximum Gasteiger partial charge on any atom is 0.573 e. The second kappa shape index (κ2) is 7.53. The van der Waals surface area contributed by atoms with Crippen LogP contribution in [0.25, 0.3) is 11.4 Å². The summed E-state index contributed by atoms with van der Waals surface area (Å²) in [5.74, 6) is 0.281. The first-order chi connectivity index (χ1) is 13.9. The molecular weight excluding hydrogens is 389 g/mol. The van der Waals surface area contributed by atoms with Crippen LogP contribution in [0, 0.1) is 0 Å². The zero-order chi connectivity index (χ0) is 20.4. The predicted octanol–water partition coefficient (Wildman–Crippen LogP) is 3.89. The summed E-state index contributed by atoms with van der Waals surface area (Å²) in [6.07, 6.45) is -0.668. The lowest BCUT2D eigenvalue weighted by Gasteiger charge is -2.22. The highest BCUT2D eigenvalue weighted by Gasteiger charge is 2.36. The van der Waals surface area contributed by atoms with Crippen molar-refractivity contribution in [3.05, 3.63) is 60.2 Å². The Labute approximate surface area is 163 Å².